The standard InChI is InChI=1S/C15H13NOS/c1-10-8-18-9-13(10)15(17)12-6-2-4-11-5-3-7-16-14(11)12/h2-9,15,17H,1H3. The molecule has 3 aromatic rings. The van der Waals surface area contributed by atoms with Crippen LogP contribution in [0.2, 0.25) is 0 Å². The van der Waals surface area contributed by atoms with Crippen LogP contribution in [0.25, 0.3) is 10.9 Å². The van der Waals surface area contributed by atoms with Crippen molar-refractivity contribution in [2.24, 2.45) is 0 Å². The predicted octanol–water partition coefficient (Wildman–Crippen LogP) is 3.69. The maximum atomic E-state index is 10.5. The molecule has 0 aliphatic rings. The number of benzene rings is 1. The van der Waals surface area contributed by atoms with Crippen molar-refractivity contribution < 1.29 is 5.11 Å². The Kier molecular flexibility index (Phi) is 2.86. The van der Waals surface area contributed by atoms with E-state index in [1.807, 2.05) is 42.6 Å². The molecule has 90 valence electrons. The van der Waals surface area contributed by atoms with Crippen molar-refractivity contribution in [1.82, 2.24) is 4.98 Å². The number of hydrogen-bond donors (Lipinski definition) is 1. The fourth-order valence-corrected chi connectivity index (χ4v) is 3.04. The molecule has 0 amide bonds. The maximum absolute atomic E-state index is 10.5. The van der Waals surface area contributed by atoms with Gasteiger partial charge in [0.05, 0.1) is 5.52 Å². The summed E-state index contributed by atoms with van der Waals surface area (Å²) >= 11 is 1.61. The summed E-state index contributed by atoms with van der Waals surface area (Å²) in [6.45, 7) is 2.02. The third-order valence-corrected chi connectivity index (χ3v) is 4.03. The Bertz CT molecular complexity index is 684. The summed E-state index contributed by atoms with van der Waals surface area (Å²) in [6.07, 6.45) is 1.16. The van der Waals surface area contributed by atoms with E-state index in [1.54, 1.807) is 17.5 Å². The monoisotopic (exact) mass is 255 g/mol. The summed E-state index contributed by atoms with van der Waals surface area (Å²) in [5.74, 6) is 0. The quantitative estimate of drug-likeness (QED) is 0.757. The average Bonchev–Trinajstić information content (AvgIpc) is 2.83. The Labute approximate surface area is 110 Å². The second kappa shape index (κ2) is 4.52. The van der Waals surface area contributed by atoms with Gasteiger partial charge in [0.25, 0.3) is 0 Å². The van der Waals surface area contributed by atoms with Crippen molar-refractivity contribution in [2.45, 2.75) is 13.0 Å². The summed E-state index contributed by atoms with van der Waals surface area (Å²) in [5.41, 5.74) is 3.84. The number of fused-ring (bicyclic) bond motifs is 1. The largest absolute Gasteiger partial charge is 0.384 e. The minimum absolute atomic E-state index is 0.602. The van der Waals surface area contributed by atoms with Crippen molar-refractivity contribution in [3.8, 4) is 0 Å². The van der Waals surface area contributed by atoms with Gasteiger partial charge in [0.15, 0.2) is 0 Å². The van der Waals surface area contributed by atoms with Gasteiger partial charge in [0, 0.05) is 17.1 Å². The van der Waals surface area contributed by atoms with E-state index in [-0.39, 0.29) is 0 Å². The number of rotatable bonds is 2. The Morgan fingerprint density at radius 1 is 1.11 bits per heavy atom. The first-order chi connectivity index (χ1) is 8.77. The Morgan fingerprint density at radius 2 is 1.94 bits per heavy atom. The van der Waals surface area contributed by atoms with E-state index < -0.39 is 6.10 Å². The summed E-state index contributed by atoms with van der Waals surface area (Å²) in [6, 6.07) is 9.84. The van der Waals surface area contributed by atoms with Gasteiger partial charge < -0.3 is 5.11 Å². The van der Waals surface area contributed by atoms with E-state index in [9.17, 15) is 5.11 Å². The molecular formula is C15H13NOS. The van der Waals surface area contributed by atoms with E-state index in [0.717, 1.165) is 27.6 Å². The lowest BCUT2D eigenvalue weighted by Gasteiger charge is -2.13. The Morgan fingerprint density at radius 3 is 2.72 bits per heavy atom. The molecule has 0 saturated carbocycles. The van der Waals surface area contributed by atoms with Crippen molar-refractivity contribution in [3.05, 3.63) is 64.0 Å². The second-order valence-electron chi connectivity index (χ2n) is 4.34. The van der Waals surface area contributed by atoms with Crippen molar-refractivity contribution in [2.75, 3.05) is 0 Å². The second-order valence-corrected chi connectivity index (χ2v) is 5.08. The van der Waals surface area contributed by atoms with Gasteiger partial charge in [-0.2, -0.15) is 11.3 Å². The van der Waals surface area contributed by atoms with E-state index >= 15 is 0 Å². The fourth-order valence-electron chi connectivity index (χ4n) is 2.17. The molecule has 0 aliphatic heterocycles. The van der Waals surface area contributed by atoms with E-state index in [1.165, 1.54) is 0 Å². The number of thiophene rings is 1. The van der Waals surface area contributed by atoms with Gasteiger partial charge >= 0.3 is 0 Å². The lowest BCUT2D eigenvalue weighted by Crippen LogP contribution is -2.01. The van der Waals surface area contributed by atoms with Crippen molar-refractivity contribution in [3.63, 3.8) is 0 Å². The van der Waals surface area contributed by atoms with Crippen molar-refractivity contribution in [1.29, 1.82) is 0 Å². The molecule has 0 fully saturated rings. The normalized spacial score (nSPS) is 12.8. The number of aromatic nitrogens is 1. The third kappa shape index (κ3) is 1.82. The highest BCUT2D eigenvalue weighted by Crippen LogP contribution is 2.30. The molecule has 0 aliphatic carbocycles. The number of pyridine rings is 1. The van der Waals surface area contributed by atoms with Gasteiger partial charge in [-0.1, -0.05) is 24.3 Å². The number of hydrogen-bond acceptors (Lipinski definition) is 3. The van der Waals surface area contributed by atoms with Crippen LogP contribution in [-0.2, 0) is 0 Å². The number of aliphatic hydroxyl groups excluding tert-OH is 1. The van der Waals surface area contributed by atoms with Crippen LogP contribution in [-0.4, -0.2) is 10.1 Å². The molecule has 18 heavy (non-hydrogen) atoms. The molecule has 1 aromatic carbocycles. The molecule has 1 atom stereocenters. The zero-order chi connectivity index (χ0) is 12.5. The van der Waals surface area contributed by atoms with E-state index in [4.69, 9.17) is 0 Å². The lowest BCUT2D eigenvalue weighted by molar-refractivity contribution is 0.221. The molecular weight excluding hydrogens is 242 g/mol. The molecule has 1 N–H and O–H groups in total. The van der Waals surface area contributed by atoms with Gasteiger partial charge in [0.2, 0.25) is 0 Å². The molecule has 0 bridgehead atoms. The van der Waals surface area contributed by atoms with Crippen LogP contribution < -0.4 is 0 Å². The maximum Gasteiger partial charge on any atom is 0.107 e. The molecule has 0 spiro atoms. The molecule has 2 nitrogen and oxygen atoms in total. The van der Waals surface area contributed by atoms with Crippen LogP contribution >= 0.6 is 11.3 Å². The van der Waals surface area contributed by atoms with Crippen LogP contribution in [0.4, 0.5) is 0 Å². The third-order valence-electron chi connectivity index (χ3n) is 3.15. The highest BCUT2D eigenvalue weighted by atomic mass is 32.1. The minimum atomic E-state index is -0.602. The van der Waals surface area contributed by atoms with E-state index in [0.29, 0.717) is 0 Å². The molecule has 0 saturated heterocycles. The Hall–Kier alpha value is -1.71. The highest BCUT2D eigenvalue weighted by Gasteiger charge is 2.16. The zero-order valence-corrected chi connectivity index (χ0v) is 10.8. The average molecular weight is 255 g/mol. The van der Waals surface area contributed by atoms with Crippen LogP contribution in [0.5, 0.6) is 0 Å². The molecule has 2 aromatic heterocycles. The summed E-state index contributed by atoms with van der Waals surface area (Å²) in [5, 5.41) is 15.6. The molecule has 3 rings (SSSR count). The van der Waals surface area contributed by atoms with Gasteiger partial charge in [-0.05, 0) is 34.9 Å². The molecule has 0 radical (unpaired) electrons. The summed E-state index contributed by atoms with van der Waals surface area (Å²) in [7, 11) is 0. The SMILES string of the molecule is Cc1cscc1C(O)c1cccc2cccnc12. The number of nitrogens with zero attached hydrogens (tertiary/aromatic N) is 1. The number of aryl methyl sites for hydroxylation is 1. The van der Waals surface area contributed by atoms with Gasteiger partial charge in [0.1, 0.15) is 6.10 Å². The summed E-state index contributed by atoms with van der Waals surface area (Å²) in [4.78, 5) is 4.39. The van der Waals surface area contributed by atoms with Gasteiger partial charge in [-0.25, -0.2) is 0 Å². The smallest absolute Gasteiger partial charge is 0.107 e. The van der Waals surface area contributed by atoms with E-state index in [2.05, 4.69) is 10.4 Å². The van der Waals surface area contributed by atoms with Crippen LogP contribution in [0.1, 0.15) is 22.8 Å². The highest BCUT2D eigenvalue weighted by molar-refractivity contribution is 7.08. The van der Waals surface area contributed by atoms with Gasteiger partial charge in [-0.15, -0.1) is 0 Å². The predicted molar refractivity (Wildman–Crippen MR) is 74.9 cm³/mol. The van der Waals surface area contributed by atoms with Crippen LogP contribution in [0.15, 0.2) is 47.3 Å². The number of aliphatic hydroxyl groups is 1. The molecule has 1 unspecified atom stereocenters. The topological polar surface area (TPSA) is 33.1 Å². The first-order valence-corrected chi connectivity index (χ1v) is 6.76. The van der Waals surface area contributed by atoms with Crippen LogP contribution in [0.3, 0.4) is 0 Å². The zero-order valence-electron chi connectivity index (χ0n) is 10.00. The molecule has 2 heterocycles. The summed E-state index contributed by atoms with van der Waals surface area (Å²) < 4.78 is 0. The number of para-hydroxylation sites is 1. The molecule has 3 heteroatoms. The Balaban J connectivity index is 2.18. The lowest BCUT2D eigenvalue weighted by atomic mass is 9.99. The first-order valence-electron chi connectivity index (χ1n) is 5.82. The fraction of sp³-hybridized carbons (Fsp3) is 0.133. The first kappa shape index (κ1) is 11.4. The van der Waals surface area contributed by atoms with Crippen LogP contribution in [0, 0.1) is 6.92 Å². The minimum Gasteiger partial charge on any atom is -0.384 e. The van der Waals surface area contributed by atoms with Gasteiger partial charge in [-0.3, -0.25) is 4.98 Å². The van der Waals surface area contributed by atoms with Crippen molar-refractivity contribution >= 4 is 22.2 Å².